The van der Waals surface area contributed by atoms with Crippen molar-refractivity contribution >= 4 is 5.84 Å². The maximum atomic E-state index is 5.06. The highest BCUT2D eigenvalue weighted by Gasteiger charge is 2.30. The zero-order valence-electron chi connectivity index (χ0n) is 14.0. The Morgan fingerprint density at radius 2 is 1.81 bits per heavy atom. The molecule has 0 saturated carbocycles. The number of rotatable bonds is 8. The average Bonchev–Trinajstić information content (AvgIpc) is 2.72. The predicted molar refractivity (Wildman–Crippen MR) is 90.9 cm³/mol. The number of hydrogen-bond acceptors (Lipinski definition) is 4. The number of nitrogens with one attached hydrogen (secondary N) is 2. The van der Waals surface area contributed by atoms with Crippen LogP contribution in [0.1, 0.15) is 65.2 Å². The Morgan fingerprint density at radius 3 is 2.57 bits per heavy atom. The molecule has 0 radical (unpaired) electrons. The predicted octanol–water partition coefficient (Wildman–Crippen LogP) is 2.75. The van der Waals surface area contributed by atoms with Crippen LogP contribution in [0.4, 0.5) is 0 Å². The number of unbranched alkanes of at least 4 members (excludes halogenated alkanes) is 2. The summed E-state index contributed by atoms with van der Waals surface area (Å²) >= 11 is 0. The van der Waals surface area contributed by atoms with Crippen LogP contribution in [-0.2, 0) is 0 Å². The lowest BCUT2D eigenvalue weighted by molar-refractivity contribution is 0.266. The molecule has 2 N–H and O–H groups in total. The molecule has 122 valence electrons. The first-order valence-electron chi connectivity index (χ1n) is 9.13. The normalized spacial score (nSPS) is 26.2. The van der Waals surface area contributed by atoms with Crippen molar-refractivity contribution in [3.05, 3.63) is 0 Å². The van der Waals surface area contributed by atoms with E-state index >= 15 is 0 Å². The molecule has 2 atom stereocenters. The molecule has 4 heteroatoms. The molecule has 0 aromatic carbocycles. The molecule has 0 aliphatic carbocycles. The van der Waals surface area contributed by atoms with E-state index in [1.54, 1.807) is 0 Å². The second kappa shape index (κ2) is 9.42. The van der Waals surface area contributed by atoms with E-state index in [2.05, 4.69) is 29.4 Å². The van der Waals surface area contributed by atoms with Gasteiger partial charge in [-0.1, -0.05) is 33.1 Å². The third-order valence-electron chi connectivity index (χ3n) is 4.60. The summed E-state index contributed by atoms with van der Waals surface area (Å²) in [4.78, 5) is 7.60. The second-order valence-corrected chi connectivity index (χ2v) is 6.47. The quantitative estimate of drug-likeness (QED) is 0.676. The molecule has 21 heavy (non-hydrogen) atoms. The van der Waals surface area contributed by atoms with E-state index in [-0.39, 0.29) is 6.17 Å². The van der Waals surface area contributed by atoms with Gasteiger partial charge in [-0.3, -0.25) is 10.3 Å². The third-order valence-corrected chi connectivity index (χ3v) is 4.60. The molecule has 1 saturated heterocycles. The average molecular weight is 294 g/mol. The van der Waals surface area contributed by atoms with Crippen molar-refractivity contribution in [2.24, 2.45) is 4.99 Å². The van der Waals surface area contributed by atoms with E-state index in [0.29, 0.717) is 6.04 Å². The fraction of sp³-hybridized carbons (Fsp3) is 0.941. The second-order valence-electron chi connectivity index (χ2n) is 6.47. The molecule has 2 heterocycles. The van der Waals surface area contributed by atoms with Gasteiger partial charge in [-0.2, -0.15) is 0 Å². The monoisotopic (exact) mass is 294 g/mol. The van der Waals surface area contributed by atoms with E-state index in [0.717, 1.165) is 19.6 Å². The number of fused-ring (bicyclic) bond motifs is 1. The van der Waals surface area contributed by atoms with Crippen LogP contribution in [-0.4, -0.2) is 49.1 Å². The van der Waals surface area contributed by atoms with Crippen LogP contribution in [0, 0.1) is 0 Å². The summed E-state index contributed by atoms with van der Waals surface area (Å²) in [5.74, 6) is 1.36. The van der Waals surface area contributed by atoms with Crippen LogP contribution >= 0.6 is 0 Å². The first kappa shape index (κ1) is 16.8. The van der Waals surface area contributed by atoms with Crippen LogP contribution < -0.4 is 10.6 Å². The molecule has 2 aliphatic heterocycles. The molecule has 0 amide bonds. The van der Waals surface area contributed by atoms with Crippen molar-refractivity contribution in [1.82, 2.24) is 15.5 Å². The lowest BCUT2D eigenvalue weighted by Gasteiger charge is -2.38. The molecule has 4 nitrogen and oxygen atoms in total. The number of aliphatic imine (C=N–C) groups is 1. The standard InChI is InChI=1S/C17H34N4/c1-3-5-11-18-15-14-21-13-9-7-8-10-16(21)20-17(15)19-12-6-4-2/h15,17-19H,3-14H2,1-2H3. The van der Waals surface area contributed by atoms with Gasteiger partial charge >= 0.3 is 0 Å². The first-order chi connectivity index (χ1) is 10.3. The Morgan fingerprint density at radius 1 is 1.05 bits per heavy atom. The molecule has 2 aliphatic rings. The molecule has 1 fully saturated rings. The van der Waals surface area contributed by atoms with Crippen molar-refractivity contribution in [1.29, 1.82) is 0 Å². The molecule has 0 aromatic heterocycles. The fourth-order valence-electron chi connectivity index (χ4n) is 3.24. The minimum absolute atomic E-state index is 0.276. The highest BCUT2D eigenvalue weighted by Crippen LogP contribution is 2.18. The molecule has 0 spiro atoms. The van der Waals surface area contributed by atoms with Gasteiger partial charge < -0.3 is 10.2 Å². The number of amidine groups is 1. The molecule has 2 unspecified atom stereocenters. The minimum atomic E-state index is 0.276. The van der Waals surface area contributed by atoms with Gasteiger partial charge in [-0.05, 0) is 38.8 Å². The topological polar surface area (TPSA) is 39.7 Å². The van der Waals surface area contributed by atoms with Crippen LogP contribution in [0.3, 0.4) is 0 Å². The lowest BCUT2D eigenvalue weighted by atomic mass is 10.1. The molecular formula is C17H34N4. The summed E-state index contributed by atoms with van der Waals surface area (Å²) in [5, 5.41) is 7.42. The van der Waals surface area contributed by atoms with Gasteiger partial charge in [-0.15, -0.1) is 0 Å². The summed E-state index contributed by atoms with van der Waals surface area (Å²) in [5.41, 5.74) is 0. The van der Waals surface area contributed by atoms with Gasteiger partial charge in [0.25, 0.3) is 0 Å². The molecule has 0 aromatic rings. The third kappa shape index (κ3) is 5.26. The maximum absolute atomic E-state index is 5.06. The van der Waals surface area contributed by atoms with Gasteiger partial charge in [0.15, 0.2) is 0 Å². The molecule has 2 rings (SSSR count). The van der Waals surface area contributed by atoms with Crippen molar-refractivity contribution in [3.8, 4) is 0 Å². The fourth-order valence-corrected chi connectivity index (χ4v) is 3.24. The summed E-state index contributed by atoms with van der Waals surface area (Å²) < 4.78 is 0. The zero-order valence-corrected chi connectivity index (χ0v) is 14.0. The summed E-state index contributed by atoms with van der Waals surface area (Å²) in [7, 11) is 0. The van der Waals surface area contributed by atoms with E-state index in [1.807, 2.05) is 0 Å². The van der Waals surface area contributed by atoms with Crippen LogP contribution in [0.5, 0.6) is 0 Å². The van der Waals surface area contributed by atoms with E-state index < -0.39 is 0 Å². The number of nitrogens with zero attached hydrogens (tertiary/aromatic N) is 2. The largest absolute Gasteiger partial charge is 0.359 e. The Bertz CT molecular complexity index is 316. The SMILES string of the molecule is CCCCNC1CN2CCCCCC2=NC1NCCCC. The van der Waals surface area contributed by atoms with Gasteiger partial charge in [0.1, 0.15) is 12.0 Å². The lowest BCUT2D eigenvalue weighted by Crippen LogP contribution is -2.58. The highest BCUT2D eigenvalue weighted by molar-refractivity contribution is 5.83. The van der Waals surface area contributed by atoms with Gasteiger partial charge in [0.05, 0.1) is 6.04 Å². The summed E-state index contributed by atoms with van der Waals surface area (Å²) in [6.07, 6.45) is 10.5. The molecule has 0 bridgehead atoms. The van der Waals surface area contributed by atoms with Gasteiger partial charge in [0.2, 0.25) is 0 Å². The highest BCUT2D eigenvalue weighted by atomic mass is 15.3. The van der Waals surface area contributed by atoms with Crippen LogP contribution in [0.2, 0.25) is 0 Å². The van der Waals surface area contributed by atoms with Crippen molar-refractivity contribution in [3.63, 3.8) is 0 Å². The van der Waals surface area contributed by atoms with Crippen LogP contribution in [0.25, 0.3) is 0 Å². The van der Waals surface area contributed by atoms with Crippen LogP contribution in [0.15, 0.2) is 4.99 Å². The van der Waals surface area contributed by atoms with E-state index in [9.17, 15) is 0 Å². The Hall–Kier alpha value is -0.610. The van der Waals surface area contributed by atoms with E-state index in [4.69, 9.17) is 4.99 Å². The summed E-state index contributed by atoms with van der Waals surface area (Å²) in [6, 6.07) is 0.468. The van der Waals surface area contributed by atoms with Crippen molar-refractivity contribution in [2.45, 2.75) is 77.4 Å². The van der Waals surface area contributed by atoms with E-state index in [1.165, 1.54) is 63.7 Å². The molecular weight excluding hydrogens is 260 g/mol. The van der Waals surface area contributed by atoms with Crippen molar-refractivity contribution in [2.75, 3.05) is 26.2 Å². The van der Waals surface area contributed by atoms with Gasteiger partial charge in [0, 0.05) is 19.5 Å². The summed E-state index contributed by atoms with van der Waals surface area (Å²) in [6.45, 7) is 9.04. The van der Waals surface area contributed by atoms with Gasteiger partial charge in [-0.25, -0.2) is 0 Å². The first-order valence-corrected chi connectivity index (χ1v) is 9.13. The van der Waals surface area contributed by atoms with Crippen molar-refractivity contribution < 1.29 is 0 Å². The smallest absolute Gasteiger partial charge is 0.119 e. The number of hydrogen-bond donors (Lipinski definition) is 2. The zero-order chi connectivity index (χ0) is 14.9. The Kier molecular flexibility index (Phi) is 7.51. The Balaban J connectivity index is 1.96. The minimum Gasteiger partial charge on any atom is -0.359 e. The Labute approximate surface area is 130 Å². The maximum Gasteiger partial charge on any atom is 0.119 e.